The van der Waals surface area contributed by atoms with E-state index >= 15 is 0 Å². The van der Waals surface area contributed by atoms with Gasteiger partial charge >= 0.3 is 0 Å². The molecule has 110 valence electrons. The Morgan fingerprint density at radius 1 is 1.40 bits per heavy atom. The van der Waals surface area contributed by atoms with E-state index < -0.39 is 33.5 Å². The fourth-order valence-corrected chi connectivity index (χ4v) is 3.06. The lowest BCUT2D eigenvalue weighted by atomic mass is 10.3. The quantitative estimate of drug-likeness (QED) is 0.823. The maximum absolute atomic E-state index is 12.8. The van der Waals surface area contributed by atoms with Gasteiger partial charge in [0, 0.05) is 13.1 Å². The van der Waals surface area contributed by atoms with Gasteiger partial charge in [-0.2, -0.15) is 0 Å². The van der Waals surface area contributed by atoms with Crippen molar-refractivity contribution in [3.8, 4) is 0 Å². The van der Waals surface area contributed by atoms with E-state index in [9.17, 15) is 17.2 Å². The Labute approximate surface area is 113 Å². The van der Waals surface area contributed by atoms with Crippen molar-refractivity contribution in [2.75, 3.05) is 0 Å². The van der Waals surface area contributed by atoms with Gasteiger partial charge in [0.1, 0.15) is 17.1 Å². The highest BCUT2D eigenvalue weighted by Crippen LogP contribution is 2.23. The number of aryl methyl sites for hydroxylation is 2. The Morgan fingerprint density at radius 2 is 2.10 bits per heavy atom. The Hall–Kier alpha value is -1.84. The van der Waals surface area contributed by atoms with Crippen LogP contribution in [0.2, 0.25) is 0 Å². The molecule has 0 fully saturated rings. The Morgan fingerprint density at radius 3 is 2.65 bits per heavy atom. The molecule has 0 saturated carbocycles. The van der Waals surface area contributed by atoms with Crippen molar-refractivity contribution >= 4 is 9.84 Å². The molecule has 2 aromatic heterocycles. The zero-order valence-electron chi connectivity index (χ0n) is 10.7. The molecule has 2 aromatic rings. The highest BCUT2D eigenvalue weighted by atomic mass is 32.2. The molecule has 0 aliphatic rings. The van der Waals surface area contributed by atoms with Gasteiger partial charge in [0.2, 0.25) is 0 Å². The second-order valence-electron chi connectivity index (χ2n) is 4.31. The molecule has 0 unspecified atom stereocenters. The monoisotopic (exact) mass is 306 g/mol. The second-order valence-corrected chi connectivity index (χ2v) is 6.37. The van der Waals surface area contributed by atoms with Crippen LogP contribution in [-0.2, 0) is 28.4 Å². The van der Waals surface area contributed by atoms with Crippen LogP contribution in [0.4, 0.5) is 8.78 Å². The number of sulfone groups is 1. The van der Waals surface area contributed by atoms with Crippen molar-refractivity contribution in [1.82, 2.24) is 20.2 Å². The van der Waals surface area contributed by atoms with E-state index in [1.807, 2.05) is 0 Å². The Kier molecular flexibility index (Phi) is 3.84. The lowest BCUT2D eigenvalue weighted by Gasteiger charge is -2.03. The lowest BCUT2D eigenvalue weighted by molar-refractivity contribution is 0.140. The third-order valence-corrected chi connectivity index (χ3v) is 4.00. The van der Waals surface area contributed by atoms with Gasteiger partial charge in [-0.25, -0.2) is 21.9 Å². The Bertz CT molecular complexity index is 708. The molecular weight excluding hydrogens is 294 g/mol. The van der Waals surface area contributed by atoms with Crippen molar-refractivity contribution in [2.45, 2.75) is 24.9 Å². The molecule has 0 saturated heterocycles. The average molecular weight is 306 g/mol. The van der Waals surface area contributed by atoms with Crippen LogP contribution >= 0.6 is 0 Å². The topological polar surface area (TPSA) is 90.9 Å². The molecule has 0 spiro atoms. The van der Waals surface area contributed by atoms with E-state index in [0.29, 0.717) is 5.76 Å². The highest BCUT2D eigenvalue weighted by Gasteiger charge is 2.25. The number of aromatic nitrogens is 4. The molecule has 10 heteroatoms. The van der Waals surface area contributed by atoms with Gasteiger partial charge in [0.25, 0.3) is 6.43 Å². The first-order chi connectivity index (χ1) is 9.28. The SMILES string of the molecule is Cc1cc(CS(=O)(=O)Cc2nnn(C)c2C(F)F)no1. The van der Waals surface area contributed by atoms with E-state index in [0.717, 1.165) is 4.68 Å². The maximum Gasteiger partial charge on any atom is 0.281 e. The van der Waals surface area contributed by atoms with Crippen LogP contribution < -0.4 is 0 Å². The van der Waals surface area contributed by atoms with Gasteiger partial charge in [-0.15, -0.1) is 5.10 Å². The van der Waals surface area contributed by atoms with Crippen molar-refractivity contribution in [3.63, 3.8) is 0 Å². The summed E-state index contributed by atoms with van der Waals surface area (Å²) in [6, 6.07) is 1.47. The van der Waals surface area contributed by atoms with Crippen LogP contribution in [0.3, 0.4) is 0 Å². The van der Waals surface area contributed by atoms with E-state index in [4.69, 9.17) is 4.52 Å². The fourth-order valence-electron chi connectivity index (χ4n) is 1.75. The van der Waals surface area contributed by atoms with Crippen LogP contribution in [-0.4, -0.2) is 28.6 Å². The molecule has 0 aliphatic carbocycles. The highest BCUT2D eigenvalue weighted by molar-refractivity contribution is 7.89. The average Bonchev–Trinajstić information content (AvgIpc) is 2.84. The Balaban J connectivity index is 2.20. The van der Waals surface area contributed by atoms with Gasteiger partial charge in [0.15, 0.2) is 9.84 Å². The summed E-state index contributed by atoms with van der Waals surface area (Å²) in [5, 5.41) is 10.5. The summed E-state index contributed by atoms with van der Waals surface area (Å²) in [5.41, 5.74) is -0.516. The lowest BCUT2D eigenvalue weighted by Crippen LogP contribution is -2.10. The molecule has 0 aromatic carbocycles. The van der Waals surface area contributed by atoms with Crippen molar-refractivity contribution in [3.05, 3.63) is 28.9 Å². The minimum atomic E-state index is -3.69. The number of nitrogens with zero attached hydrogens (tertiary/aromatic N) is 4. The third kappa shape index (κ3) is 3.18. The number of rotatable bonds is 5. The first kappa shape index (κ1) is 14.6. The summed E-state index contributed by atoms with van der Waals surface area (Å²) in [7, 11) is -2.41. The molecule has 20 heavy (non-hydrogen) atoms. The number of halogens is 2. The largest absolute Gasteiger partial charge is 0.361 e. The van der Waals surface area contributed by atoms with Gasteiger partial charge in [-0.1, -0.05) is 10.4 Å². The molecule has 0 amide bonds. The number of hydrogen-bond donors (Lipinski definition) is 0. The predicted molar refractivity (Wildman–Crippen MR) is 63.5 cm³/mol. The molecule has 0 bridgehead atoms. The fraction of sp³-hybridized carbons (Fsp3) is 0.500. The zero-order chi connectivity index (χ0) is 14.9. The van der Waals surface area contributed by atoms with Crippen LogP contribution in [0.25, 0.3) is 0 Å². The summed E-state index contributed by atoms with van der Waals surface area (Å²) < 4.78 is 55.2. The van der Waals surface area contributed by atoms with Crippen LogP contribution in [0.5, 0.6) is 0 Å². The maximum atomic E-state index is 12.8. The van der Waals surface area contributed by atoms with Crippen LogP contribution in [0, 0.1) is 6.92 Å². The molecule has 0 radical (unpaired) electrons. The molecule has 0 aliphatic heterocycles. The van der Waals surface area contributed by atoms with Gasteiger partial charge in [-0.3, -0.25) is 0 Å². The standard InChI is InChI=1S/C10H12F2N4O3S/c1-6-3-7(14-19-6)4-20(17,18)5-8-9(10(11)12)16(2)15-13-8/h3,10H,4-5H2,1-2H3. The first-order valence-electron chi connectivity index (χ1n) is 5.57. The third-order valence-electron chi connectivity index (χ3n) is 2.55. The smallest absolute Gasteiger partial charge is 0.281 e. The van der Waals surface area contributed by atoms with Crippen molar-refractivity contribution in [1.29, 1.82) is 0 Å². The van der Waals surface area contributed by atoms with Gasteiger partial charge in [0.05, 0.1) is 17.2 Å². The van der Waals surface area contributed by atoms with Crippen LogP contribution in [0.15, 0.2) is 10.6 Å². The van der Waals surface area contributed by atoms with Crippen molar-refractivity contribution in [2.24, 2.45) is 7.05 Å². The zero-order valence-corrected chi connectivity index (χ0v) is 11.6. The molecule has 2 rings (SSSR count). The number of hydrogen-bond acceptors (Lipinski definition) is 6. The summed E-state index contributed by atoms with van der Waals surface area (Å²) >= 11 is 0. The first-order valence-corrected chi connectivity index (χ1v) is 7.40. The van der Waals surface area contributed by atoms with Gasteiger partial charge in [-0.05, 0) is 6.92 Å². The van der Waals surface area contributed by atoms with Crippen molar-refractivity contribution < 1.29 is 21.7 Å². The van der Waals surface area contributed by atoms with E-state index in [1.54, 1.807) is 6.92 Å². The summed E-state index contributed by atoms with van der Waals surface area (Å²) in [4.78, 5) is 0. The second kappa shape index (κ2) is 5.27. The normalized spacial score (nSPS) is 12.2. The predicted octanol–water partition coefficient (Wildman–Crippen LogP) is 1.16. The minimum absolute atomic E-state index is 0.227. The van der Waals surface area contributed by atoms with E-state index in [2.05, 4.69) is 15.5 Å². The summed E-state index contributed by atoms with van der Waals surface area (Å²) in [6.45, 7) is 1.63. The van der Waals surface area contributed by atoms with Gasteiger partial charge < -0.3 is 4.52 Å². The van der Waals surface area contributed by atoms with E-state index in [1.165, 1.54) is 13.1 Å². The summed E-state index contributed by atoms with van der Waals surface area (Å²) in [5.74, 6) is -0.543. The minimum Gasteiger partial charge on any atom is -0.361 e. The molecule has 7 nitrogen and oxygen atoms in total. The van der Waals surface area contributed by atoms with E-state index in [-0.39, 0.29) is 11.4 Å². The van der Waals surface area contributed by atoms with Crippen LogP contribution in [0.1, 0.15) is 29.3 Å². The molecule has 2 heterocycles. The molecule has 0 atom stereocenters. The number of alkyl halides is 2. The molecular formula is C10H12F2N4O3S. The summed E-state index contributed by atoms with van der Waals surface area (Å²) in [6.07, 6.45) is -2.84. The molecule has 0 N–H and O–H groups in total.